The number of nitrogen functional groups attached to an aromatic ring is 1. The van der Waals surface area contributed by atoms with Crippen LogP contribution in [0.2, 0.25) is 0 Å². The summed E-state index contributed by atoms with van der Waals surface area (Å²) in [5, 5.41) is 3.38. The zero-order valence-corrected chi connectivity index (χ0v) is 12.2. The van der Waals surface area contributed by atoms with Gasteiger partial charge in [-0.3, -0.25) is 0 Å². The summed E-state index contributed by atoms with van der Waals surface area (Å²) in [6, 6.07) is 0.275. The predicted octanol–water partition coefficient (Wildman–Crippen LogP) is 2.96. The molecular weight excluding hydrogens is 282 g/mol. The van der Waals surface area contributed by atoms with Crippen molar-refractivity contribution in [2.45, 2.75) is 32.7 Å². The van der Waals surface area contributed by atoms with Crippen molar-refractivity contribution >= 4 is 27.4 Å². The van der Waals surface area contributed by atoms with Crippen LogP contribution in [0.4, 0.5) is 11.5 Å². The van der Waals surface area contributed by atoms with E-state index < -0.39 is 0 Å². The smallest absolute Gasteiger partial charge is 0.141 e. The molecular formula is C12H20BrN3O. The largest absolute Gasteiger partial charge is 0.397 e. The quantitative estimate of drug-likeness (QED) is 0.848. The third kappa shape index (κ3) is 3.85. The van der Waals surface area contributed by atoms with Gasteiger partial charge in [-0.1, -0.05) is 13.3 Å². The Balaban J connectivity index is 2.82. The van der Waals surface area contributed by atoms with E-state index >= 15 is 0 Å². The molecule has 3 N–H and O–H groups in total. The topological polar surface area (TPSA) is 60.2 Å². The molecule has 96 valence electrons. The number of hydrogen-bond acceptors (Lipinski definition) is 4. The molecule has 0 aromatic carbocycles. The molecule has 1 heterocycles. The van der Waals surface area contributed by atoms with Crippen LogP contribution in [0, 0.1) is 6.92 Å². The first-order chi connectivity index (χ1) is 8.10. The molecule has 0 bridgehead atoms. The number of anilines is 2. The van der Waals surface area contributed by atoms with Crippen molar-refractivity contribution in [2.24, 2.45) is 0 Å². The molecule has 1 rings (SSSR count). The summed E-state index contributed by atoms with van der Waals surface area (Å²) < 4.78 is 6.12. The summed E-state index contributed by atoms with van der Waals surface area (Å²) in [7, 11) is 1.71. The van der Waals surface area contributed by atoms with E-state index in [0.717, 1.165) is 28.7 Å². The predicted molar refractivity (Wildman–Crippen MR) is 75.3 cm³/mol. The summed E-state index contributed by atoms with van der Waals surface area (Å²) in [5.74, 6) is 0.826. The Morgan fingerprint density at radius 2 is 2.29 bits per heavy atom. The molecule has 0 aliphatic rings. The first-order valence-corrected chi connectivity index (χ1v) is 6.55. The Hall–Kier alpha value is -0.810. The van der Waals surface area contributed by atoms with Crippen LogP contribution >= 0.6 is 15.9 Å². The Labute approximate surface area is 111 Å². The van der Waals surface area contributed by atoms with Gasteiger partial charge in [0, 0.05) is 7.11 Å². The lowest BCUT2D eigenvalue weighted by molar-refractivity contribution is 0.182. The summed E-state index contributed by atoms with van der Waals surface area (Å²) in [5.41, 5.74) is 7.50. The SMILES string of the molecule is CCCC(COC)Nc1ncc(N)c(C)c1Br. The fraction of sp³-hybridized carbons (Fsp3) is 0.583. The van der Waals surface area contributed by atoms with E-state index in [4.69, 9.17) is 10.5 Å². The molecule has 4 nitrogen and oxygen atoms in total. The van der Waals surface area contributed by atoms with Gasteiger partial charge < -0.3 is 15.8 Å². The van der Waals surface area contributed by atoms with Gasteiger partial charge in [0.05, 0.1) is 29.0 Å². The van der Waals surface area contributed by atoms with Crippen molar-refractivity contribution in [3.05, 3.63) is 16.2 Å². The summed E-state index contributed by atoms with van der Waals surface area (Å²) in [6.45, 7) is 4.80. The molecule has 1 aromatic heterocycles. The highest BCUT2D eigenvalue weighted by atomic mass is 79.9. The molecule has 0 radical (unpaired) electrons. The van der Waals surface area contributed by atoms with Crippen LogP contribution in [-0.2, 0) is 4.74 Å². The number of nitrogens with one attached hydrogen (secondary N) is 1. The maximum atomic E-state index is 5.79. The number of halogens is 1. The van der Waals surface area contributed by atoms with Crippen LogP contribution in [0.3, 0.4) is 0 Å². The lowest BCUT2D eigenvalue weighted by Crippen LogP contribution is -2.25. The standard InChI is InChI=1S/C12H20BrN3O/c1-4-5-9(7-17-3)16-12-11(13)8(2)10(14)6-15-12/h6,9H,4-5,7,14H2,1-3H3,(H,15,16). The van der Waals surface area contributed by atoms with E-state index in [-0.39, 0.29) is 6.04 Å². The van der Waals surface area contributed by atoms with Gasteiger partial charge in [-0.2, -0.15) is 0 Å². The Morgan fingerprint density at radius 1 is 1.59 bits per heavy atom. The van der Waals surface area contributed by atoms with E-state index in [2.05, 4.69) is 33.2 Å². The van der Waals surface area contributed by atoms with Gasteiger partial charge in [0.1, 0.15) is 5.82 Å². The van der Waals surface area contributed by atoms with Gasteiger partial charge in [0.15, 0.2) is 0 Å². The average molecular weight is 302 g/mol. The normalized spacial score (nSPS) is 12.5. The van der Waals surface area contributed by atoms with Gasteiger partial charge in [0.2, 0.25) is 0 Å². The molecule has 0 aliphatic carbocycles. The van der Waals surface area contributed by atoms with Crippen molar-refractivity contribution in [2.75, 3.05) is 24.8 Å². The van der Waals surface area contributed by atoms with E-state index in [1.807, 2.05) is 6.92 Å². The summed E-state index contributed by atoms with van der Waals surface area (Å²) in [6.07, 6.45) is 3.83. The summed E-state index contributed by atoms with van der Waals surface area (Å²) in [4.78, 5) is 4.30. The number of aromatic nitrogens is 1. The van der Waals surface area contributed by atoms with Gasteiger partial charge >= 0.3 is 0 Å². The minimum absolute atomic E-state index is 0.275. The summed E-state index contributed by atoms with van der Waals surface area (Å²) >= 11 is 3.52. The van der Waals surface area contributed by atoms with E-state index in [0.29, 0.717) is 12.3 Å². The van der Waals surface area contributed by atoms with Crippen molar-refractivity contribution in [1.29, 1.82) is 0 Å². The monoisotopic (exact) mass is 301 g/mol. The molecule has 0 amide bonds. The van der Waals surface area contributed by atoms with Crippen molar-refractivity contribution < 1.29 is 4.74 Å². The molecule has 0 aliphatic heterocycles. The first kappa shape index (κ1) is 14.3. The molecule has 17 heavy (non-hydrogen) atoms. The van der Waals surface area contributed by atoms with Gasteiger partial charge in [0.25, 0.3) is 0 Å². The highest BCUT2D eigenvalue weighted by Gasteiger charge is 2.12. The average Bonchev–Trinajstić information content (AvgIpc) is 2.30. The Morgan fingerprint density at radius 3 is 2.88 bits per heavy atom. The van der Waals surface area contributed by atoms with Crippen LogP contribution in [-0.4, -0.2) is 24.7 Å². The zero-order chi connectivity index (χ0) is 12.8. The molecule has 0 fully saturated rings. The van der Waals surface area contributed by atoms with Crippen LogP contribution in [0.25, 0.3) is 0 Å². The van der Waals surface area contributed by atoms with E-state index in [9.17, 15) is 0 Å². The van der Waals surface area contributed by atoms with Gasteiger partial charge in [-0.25, -0.2) is 4.98 Å². The van der Waals surface area contributed by atoms with Crippen LogP contribution < -0.4 is 11.1 Å². The van der Waals surface area contributed by atoms with E-state index in [1.165, 1.54) is 0 Å². The molecule has 0 spiro atoms. The molecule has 1 atom stereocenters. The third-order valence-electron chi connectivity index (χ3n) is 2.65. The molecule has 5 heteroatoms. The highest BCUT2D eigenvalue weighted by Crippen LogP contribution is 2.28. The van der Waals surface area contributed by atoms with Crippen molar-refractivity contribution in [3.63, 3.8) is 0 Å². The second kappa shape index (κ2) is 6.81. The van der Waals surface area contributed by atoms with Crippen LogP contribution in [0.1, 0.15) is 25.3 Å². The van der Waals surface area contributed by atoms with Crippen LogP contribution in [0.15, 0.2) is 10.7 Å². The molecule has 1 unspecified atom stereocenters. The molecule has 1 aromatic rings. The number of hydrogen-bond donors (Lipinski definition) is 2. The fourth-order valence-corrected chi connectivity index (χ4v) is 2.08. The lowest BCUT2D eigenvalue weighted by Gasteiger charge is -2.19. The number of rotatable bonds is 6. The Kier molecular flexibility index (Phi) is 5.71. The van der Waals surface area contributed by atoms with Gasteiger partial charge in [-0.05, 0) is 34.8 Å². The minimum Gasteiger partial charge on any atom is -0.397 e. The number of ether oxygens (including phenoxy) is 1. The number of nitrogens with zero attached hydrogens (tertiary/aromatic N) is 1. The second-order valence-electron chi connectivity index (χ2n) is 4.09. The third-order valence-corrected chi connectivity index (χ3v) is 3.62. The van der Waals surface area contributed by atoms with Gasteiger partial charge in [-0.15, -0.1) is 0 Å². The molecule has 0 saturated carbocycles. The second-order valence-corrected chi connectivity index (χ2v) is 4.88. The Bertz CT molecular complexity index is 365. The lowest BCUT2D eigenvalue weighted by atomic mass is 10.1. The number of methoxy groups -OCH3 is 1. The van der Waals surface area contributed by atoms with Crippen LogP contribution in [0.5, 0.6) is 0 Å². The maximum Gasteiger partial charge on any atom is 0.141 e. The maximum absolute atomic E-state index is 5.79. The number of nitrogens with two attached hydrogens (primary N) is 1. The number of pyridine rings is 1. The zero-order valence-electron chi connectivity index (χ0n) is 10.6. The van der Waals surface area contributed by atoms with E-state index in [1.54, 1.807) is 13.3 Å². The molecule has 0 saturated heterocycles. The fourth-order valence-electron chi connectivity index (χ4n) is 1.63. The van der Waals surface area contributed by atoms with Crippen molar-refractivity contribution in [1.82, 2.24) is 4.98 Å². The minimum atomic E-state index is 0.275. The van der Waals surface area contributed by atoms with Crippen molar-refractivity contribution in [3.8, 4) is 0 Å². The highest BCUT2D eigenvalue weighted by molar-refractivity contribution is 9.10. The first-order valence-electron chi connectivity index (χ1n) is 5.76.